The number of ether oxygens (including phenoxy) is 2. The van der Waals surface area contributed by atoms with Crippen molar-refractivity contribution in [1.29, 1.82) is 0 Å². The van der Waals surface area contributed by atoms with Crippen LogP contribution in [0.4, 0.5) is 0 Å². The van der Waals surface area contributed by atoms with E-state index in [1.54, 1.807) is 6.92 Å². The van der Waals surface area contributed by atoms with E-state index >= 15 is 0 Å². The van der Waals surface area contributed by atoms with Crippen molar-refractivity contribution in [2.24, 2.45) is 0 Å². The number of aliphatic hydroxyl groups is 1. The molecule has 0 saturated carbocycles. The lowest BCUT2D eigenvalue weighted by molar-refractivity contribution is -0.159. The summed E-state index contributed by atoms with van der Waals surface area (Å²) in [7, 11) is 0. The number of rotatable bonds is 7. The first-order valence-corrected chi connectivity index (χ1v) is 4.62. The highest BCUT2D eigenvalue weighted by Crippen LogP contribution is 1.95. The van der Waals surface area contributed by atoms with Crippen molar-refractivity contribution in [2.45, 2.75) is 26.2 Å². The molecule has 0 aromatic rings. The van der Waals surface area contributed by atoms with Crippen LogP contribution in [0.25, 0.3) is 0 Å². The number of carbonyl (C=O) groups is 2. The highest BCUT2D eigenvalue weighted by atomic mass is 16.6. The Balaban J connectivity index is 3.31. The van der Waals surface area contributed by atoms with Crippen LogP contribution in [0.1, 0.15) is 26.2 Å². The summed E-state index contributed by atoms with van der Waals surface area (Å²) in [6, 6.07) is 0. The van der Waals surface area contributed by atoms with Gasteiger partial charge in [-0.2, -0.15) is 0 Å². The zero-order chi connectivity index (χ0) is 10.8. The minimum Gasteiger partial charge on any atom is -0.394 e. The summed E-state index contributed by atoms with van der Waals surface area (Å²) >= 11 is 0. The van der Waals surface area contributed by atoms with Gasteiger partial charge >= 0.3 is 11.9 Å². The lowest BCUT2D eigenvalue weighted by atomic mass is 10.3. The Morgan fingerprint density at radius 3 is 2.50 bits per heavy atom. The summed E-state index contributed by atoms with van der Waals surface area (Å²) in [6.07, 6.45) is 0.861. The molecule has 0 aliphatic rings. The summed E-state index contributed by atoms with van der Waals surface area (Å²) in [6.45, 7) is 2.25. The van der Waals surface area contributed by atoms with E-state index in [2.05, 4.69) is 4.74 Å². The SMILES string of the molecule is CCC(=O)OC(=O)CCCOCCO. The fourth-order valence-corrected chi connectivity index (χ4v) is 0.735. The third kappa shape index (κ3) is 7.70. The molecule has 1 N–H and O–H groups in total. The van der Waals surface area contributed by atoms with Crippen LogP contribution in [0.2, 0.25) is 0 Å². The summed E-state index contributed by atoms with van der Waals surface area (Å²) in [4.78, 5) is 21.5. The Morgan fingerprint density at radius 2 is 1.93 bits per heavy atom. The molecule has 0 fully saturated rings. The molecular weight excluding hydrogens is 188 g/mol. The van der Waals surface area contributed by atoms with Crippen molar-refractivity contribution in [3.05, 3.63) is 0 Å². The van der Waals surface area contributed by atoms with E-state index in [4.69, 9.17) is 9.84 Å². The summed E-state index contributed by atoms with van der Waals surface area (Å²) in [5, 5.41) is 8.36. The van der Waals surface area contributed by atoms with Crippen LogP contribution in [0, 0.1) is 0 Å². The van der Waals surface area contributed by atoms with Crippen LogP contribution in [0.15, 0.2) is 0 Å². The van der Waals surface area contributed by atoms with E-state index < -0.39 is 11.9 Å². The van der Waals surface area contributed by atoms with Crippen molar-refractivity contribution < 1.29 is 24.2 Å². The fraction of sp³-hybridized carbons (Fsp3) is 0.778. The molecule has 0 unspecified atom stereocenters. The maximum Gasteiger partial charge on any atom is 0.313 e. The van der Waals surface area contributed by atoms with E-state index in [9.17, 15) is 9.59 Å². The van der Waals surface area contributed by atoms with Crippen molar-refractivity contribution in [3.8, 4) is 0 Å². The van der Waals surface area contributed by atoms with Crippen LogP contribution in [-0.4, -0.2) is 36.9 Å². The highest BCUT2D eigenvalue weighted by Gasteiger charge is 2.07. The second-order valence-electron chi connectivity index (χ2n) is 2.64. The molecule has 0 aliphatic heterocycles. The molecule has 5 heteroatoms. The van der Waals surface area contributed by atoms with Gasteiger partial charge in [-0.1, -0.05) is 6.92 Å². The van der Waals surface area contributed by atoms with Gasteiger partial charge in [0.2, 0.25) is 0 Å². The minimum absolute atomic E-state index is 0.0290. The van der Waals surface area contributed by atoms with Gasteiger partial charge in [0.15, 0.2) is 0 Å². The maximum absolute atomic E-state index is 10.9. The first-order chi connectivity index (χ1) is 6.70. The van der Waals surface area contributed by atoms with E-state index in [0.29, 0.717) is 13.0 Å². The lowest BCUT2D eigenvalue weighted by Gasteiger charge is -2.02. The average molecular weight is 204 g/mol. The largest absolute Gasteiger partial charge is 0.394 e. The molecule has 5 nitrogen and oxygen atoms in total. The Kier molecular flexibility index (Phi) is 8.07. The first kappa shape index (κ1) is 13.1. The normalized spacial score (nSPS) is 9.86. The molecule has 0 saturated heterocycles. The van der Waals surface area contributed by atoms with Gasteiger partial charge < -0.3 is 14.6 Å². The summed E-state index contributed by atoms with van der Waals surface area (Å²) in [5.41, 5.74) is 0. The first-order valence-electron chi connectivity index (χ1n) is 4.62. The second-order valence-corrected chi connectivity index (χ2v) is 2.64. The Bertz CT molecular complexity index is 178. The fourth-order valence-electron chi connectivity index (χ4n) is 0.735. The molecule has 0 spiro atoms. The van der Waals surface area contributed by atoms with Crippen LogP contribution in [0.5, 0.6) is 0 Å². The molecule has 0 amide bonds. The number of hydrogen-bond acceptors (Lipinski definition) is 5. The third-order valence-electron chi connectivity index (χ3n) is 1.42. The molecule has 82 valence electrons. The number of esters is 2. The lowest BCUT2D eigenvalue weighted by Crippen LogP contribution is -2.12. The molecule has 0 aliphatic carbocycles. The van der Waals surface area contributed by atoms with Crippen LogP contribution in [-0.2, 0) is 19.1 Å². The second kappa shape index (κ2) is 8.65. The molecule has 14 heavy (non-hydrogen) atoms. The summed E-state index contributed by atoms with van der Waals surface area (Å²) in [5.74, 6) is -1.03. The highest BCUT2D eigenvalue weighted by molar-refractivity contribution is 5.85. The van der Waals surface area contributed by atoms with E-state index in [0.717, 1.165) is 0 Å². The van der Waals surface area contributed by atoms with Crippen LogP contribution < -0.4 is 0 Å². The summed E-state index contributed by atoms with van der Waals surface area (Å²) < 4.78 is 9.35. The molecule has 0 bridgehead atoms. The quantitative estimate of drug-likeness (QED) is 0.365. The van der Waals surface area contributed by atoms with Gasteiger partial charge in [0.05, 0.1) is 13.2 Å². The Labute approximate surface area is 83.0 Å². The number of carbonyl (C=O) groups excluding carboxylic acids is 2. The molecular formula is C9H16O5. The van der Waals surface area contributed by atoms with Crippen LogP contribution >= 0.6 is 0 Å². The minimum atomic E-state index is -0.524. The van der Waals surface area contributed by atoms with Gasteiger partial charge in [-0.3, -0.25) is 9.59 Å². The van der Waals surface area contributed by atoms with Crippen LogP contribution in [0.3, 0.4) is 0 Å². The smallest absolute Gasteiger partial charge is 0.313 e. The van der Waals surface area contributed by atoms with Crippen molar-refractivity contribution >= 4 is 11.9 Å². The molecule has 0 aromatic heterocycles. The molecule has 0 heterocycles. The molecule has 0 aromatic carbocycles. The van der Waals surface area contributed by atoms with Gasteiger partial charge in [-0.15, -0.1) is 0 Å². The van der Waals surface area contributed by atoms with Crippen molar-refractivity contribution in [2.75, 3.05) is 19.8 Å². The van der Waals surface area contributed by atoms with Crippen molar-refractivity contribution in [1.82, 2.24) is 0 Å². The monoisotopic (exact) mass is 204 g/mol. The predicted octanol–water partition coefficient (Wildman–Crippen LogP) is 0.255. The maximum atomic E-state index is 10.9. The van der Waals surface area contributed by atoms with E-state index in [1.165, 1.54) is 0 Å². The van der Waals surface area contributed by atoms with Gasteiger partial charge in [-0.25, -0.2) is 0 Å². The van der Waals surface area contributed by atoms with Gasteiger partial charge in [-0.05, 0) is 6.42 Å². The van der Waals surface area contributed by atoms with Crippen molar-refractivity contribution in [3.63, 3.8) is 0 Å². The zero-order valence-corrected chi connectivity index (χ0v) is 8.32. The standard InChI is InChI=1S/C9H16O5/c1-2-8(11)14-9(12)4-3-6-13-7-5-10/h10H,2-7H2,1H3. The van der Waals surface area contributed by atoms with E-state index in [-0.39, 0.29) is 26.1 Å². The molecule has 0 atom stereocenters. The molecule has 0 rings (SSSR count). The number of aliphatic hydroxyl groups excluding tert-OH is 1. The molecule has 0 radical (unpaired) electrons. The Hall–Kier alpha value is -0.940. The zero-order valence-electron chi connectivity index (χ0n) is 8.32. The average Bonchev–Trinajstić information content (AvgIpc) is 2.17. The van der Waals surface area contributed by atoms with Gasteiger partial charge in [0.1, 0.15) is 0 Å². The van der Waals surface area contributed by atoms with E-state index in [1.807, 2.05) is 0 Å². The van der Waals surface area contributed by atoms with Gasteiger partial charge in [0.25, 0.3) is 0 Å². The predicted molar refractivity (Wildman–Crippen MR) is 48.5 cm³/mol. The third-order valence-corrected chi connectivity index (χ3v) is 1.42. The number of hydrogen-bond donors (Lipinski definition) is 1. The Morgan fingerprint density at radius 1 is 1.21 bits per heavy atom. The topological polar surface area (TPSA) is 72.8 Å². The van der Waals surface area contributed by atoms with Gasteiger partial charge in [0, 0.05) is 19.4 Å².